The molecule has 0 saturated carbocycles. The zero-order valence-electron chi connectivity index (χ0n) is 12.7. The molecule has 0 radical (unpaired) electrons. The number of amides is 1. The quantitative estimate of drug-likeness (QED) is 0.615. The van der Waals surface area contributed by atoms with Crippen molar-refractivity contribution < 1.29 is 15.0 Å². The smallest absolute Gasteiger partial charge is 0.272 e. The summed E-state index contributed by atoms with van der Waals surface area (Å²) in [5.41, 5.74) is 2.88. The van der Waals surface area contributed by atoms with Gasteiger partial charge in [-0.3, -0.25) is 15.0 Å². The number of phenolic OH excluding ortho intramolecular Hbond substituents is 2. The lowest BCUT2D eigenvalue weighted by atomic mass is 10.2. The van der Waals surface area contributed by atoms with Crippen molar-refractivity contribution in [3.8, 4) is 21.9 Å². The summed E-state index contributed by atoms with van der Waals surface area (Å²) < 4.78 is 1.15. The third-order valence-electron chi connectivity index (χ3n) is 3.33. The van der Waals surface area contributed by atoms with E-state index in [0.717, 1.165) is 21.6 Å². The molecular weight excluding hydrogens is 360 g/mol. The van der Waals surface area contributed by atoms with Crippen molar-refractivity contribution in [1.82, 2.24) is 4.68 Å². The van der Waals surface area contributed by atoms with Crippen molar-refractivity contribution in [3.63, 3.8) is 0 Å². The van der Waals surface area contributed by atoms with Crippen LogP contribution in [0.3, 0.4) is 0 Å². The lowest BCUT2D eigenvalue weighted by molar-refractivity contribution is 0.101. The molecule has 8 heteroatoms. The van der Waals surface area contributed by atoms with Gasteiger partial charge in [-0.05, 0) is 60.2 Å². The Hall–Kier alpha value is -2.97. The number of carbonyl (C=O) groups excluding carboxylic acids is 1. The van der Waals surface area contributed by atoms with Crippen molar-refractivity contribution in [2.75, 3.05) is 5.43 Å². The van der Waals surface area contributed by atoms with Crippen LogP contribution >= 0.6 is 23.6 Å². The van der Waals surface area contributed by atoms with Crippen LogP contribution in [0.1, 0.15) is 10.4 Å². The summed E-state index contributed by atoms with van der Waals surface area (Å²) in [5, 5.41) is 18.8. The minimum absolute atomic E-state index is 0.0518. The van der Waals surface area contributed by atoms with E-state index >= 15 is 0 Å². The highest BCUT2D eigenvalue weighted by Gasteiger charge is 2.10. The van der Waals surface area contributed by atoms with Crippen LogP contribution in [-0.2, 0) is 0 Å². The topological polar surface area (TPSA) is 91.6 Å². The van der Waals surface area contributed by atoms with E-state index in [9.17, 15) is 19.8 Å². The van der Waals surface area contributed by atoms with Crippen molar-refractivity contribution in [3.05, 3.63) is 74.5 Å². The third kappa shape index (κ3) is 3.76. The molecule has 0 aliphatic carbocycles. The standard InChI is InChI=1S/C17H12N2O4S2/c20-12-6-4-10(5-7-12)14-9-15(22)19(17(24)25-14)18-16(23)11-2-1-3-13(21)8-11/h1-9,20-21H,(H,18,23). The molecule has 0 fully saturated rings. The summed E-state index contributed by atoms with van der Waals surface area (Å²) in [7, 11) is 0. The summed E-state index contributed by atoms with van der Waals surface area (Å²) in [6.45, 7) is 0. The number of rotatable bonds is 3. The molecule has 0 aliphatic heterocycles. The Kier molecular flexibility index (Phi) is 4.64. The van der Waals surface area contributed by atoms with Crippen LogP contribution in [0.15, 0.2) is 59.4 Å². The molecule has 0 bridgehead atoms. The monoisotopic (exact) mass is 372 g/mol. The number of benzene rings is 2. The van der Waals surface area contributed by atoms with Gasteiger partial charge in [-0.25, -0.2) is 0 Å². The van der Waals surface area contributed by atoms with Crippen LogP contribution in [0.2, 0.25) is 0 Å². The molecule has 2 aromatic carbocycles. The molecule has 0 saturated heterocycles. The largest absolute Gasteiger partial charge is 0.508 e. The van der Waals surface area contributed by atoms with Gasteiger partial charge in [-0.1, -0.05) is 6.07 Å². The average Bonchev–Trinajstić information content (AvgIpc) is 2.58. The molecule has 0 unspecified atom stereocenters. The van der Waals surface area contributed by atoms with Crippen molar-refractivity contribution >= 4 is 29.5 Å². The summed E-state index contributed by atoms with van der Waals surface area (Å²) in [6, 6.07) is 13.5. The molecule has 25 heavy (non-hydrogen) atoms. The normalized spacial score (nSPS) is 10.4. The second-order valence-electron chi connectivity index (χ2n) is 5.09. The maximum absolute atomic E-state index is 12.3. The second-order valence-corrected chi connectivity index (χ2v) is 6.76. The van der Waals surface area contributed by atoms with Crippen LogP contribution in [0.4, 0.5) is 0 Å². The highest BCUT2D eigenvalue weighted by molar-refractivity contribution is 7.73. The van der Waals surface area contributed by atoms with Gasteiger partial charge in [0.1, 0.15) is 11.5 Å². The Balaban J connectivity index is 1.93. The van der Waals surface area contributed by atoms with E-state index in [4.69, 9.17) is 12.2 Å². The number of phenols is 2. The molecule has 3 rings (SSSR count). The molecule has 3 aromatic rings. The number of nitrogens with one attached hydrogen (secondary N) is 1. The van der Waals surface area contributed by atoms with Crippen molar-refractivity contribution in [1.29, 1.82) is 0 Å². The molecule has 0 atom stereocenters. The predicted octanol–water partition coefficient (Wildman–Crippen LogP) is 3.10. The fourth-order valence-corrected chi connectivity index (χ4v) is 3.35. The van der Waals surface area contributed by atoms with Crippen LogP contribution in [-0.4, -0.2) is 20.8 Å². The van der Waals surface area contributed by atoms with Gasteiger partial charge >= 0.3 is 0 Å². The highest BCUT2D eigenvalue weighted by Crippen LogP contribution is 2.24. The SMILES string of the molecule is O=C(Nn1c(=O)cc(-c2ccc(O)cc2)sc1=S)c1cccc(O)c1. The van der Waals surface area contributed by atoms with E-state index in [2.05, 4.69) is 5.43 Å². The first-order valence-corrected chi connectivity index (χ1v) is 8.33. The molecule has 1 amide bonds. The van der Waals surface area contributed by atoms with E-state index in [1.54, 1.807) is 12.1 Å². The first-order chi connectivity index (χ1) is 11.9. The summed E-state index contributed by atoms with van der Waals surface area (Å²) in [6.07, 6.45) is 0. The fraction of sp³-hybridized carbons (Fsp3) is 0. The maximum Gasteiger partial charge on any atom is 0.272 e. The van der Waals surface area contributed by atoms with Crippen LogP contribution in [0.5, 0.6) is 11.5 Å². The first-order valence-electron chi connectivity index (χ1n) is 7.11. The Bertz CT molecular complexity index is 1020. The molecular formula is C17H12N2O4S2. The van der Waals surface area contributed by atoms with Gasteiger partial charge in [0.2, 0.25) is 0 Å². The molecule has 1 heterocycles. The maximum atomic E-state index is 12.3. The van der Waals surface area contributed by atoms with E-state index in [0.29, 0.717) is 4.88 Å². The molecule has 126 valence electrons. The van der Waals surface area contributed by atoms with Crippen LogP contribution in [0.25, 0.3) is 10.4 Å². The zero-order chi connectivity index (χ0) is 18.0. The Morgan fingerprint density at radius 3 is 2.40 bits per heavy atom. The van der Waals surface area contributed by atoms with Gasteiger partial charge in [-0.15, -0.1) is 11.3 Å². The van der Waals surface area contributed by atoms with E-state index in [1.807, 2.05) is 0 Å². The summed E-state index contributed by atoms with van der Waals surface area (Å²) >= 11 is 6.36. The first kappa shape index (κ1) is 16.9. The number of nitrogens with zero attached hydrogens (tertiary/aromatic N) is 1. The summed E-state index contributed by atoms with van der Waals surface area (Å²) in [5.74, 6) is -0.489. The highest BCUT2D eigenvalue weighted by atomic mass is 32.1. The van der Waals surface area contributed by atoms with E-state index in [-0.39, 0.29) is 21.0 Å². The molecule has 6 nitrogen and oxygen atoms in total. The van der Waals surface area contributed by atoms with Gasteiger partial charge in [-0.2, -0.15) is 4.68 Å². The third-order valence-corrected chi connectivity index (χ3v) is 4.69. The molecule has 1 aromatic heterocycles. The second kappa shape index (κ2) is 6.88. The minimum Gasteiger partial charge on any atom is -0.508 e. The van der Waals surface area contributed by atoms with Crippen molar-refractivity contribution in [2.45, 2.75) is 0 Å². The number of aromatic hydroxyl groups is 2. The number of aromatic nitrogens is 1. The van der Waals surface area contributed by atoms with Gasteiger partial charge in [0.25, 0.3) is 11.5 Å². The average molecular weight is 372 g/mol. The lowest BCUT2D eigenvalue weighted by Gasteiger charge is -2.09. The van der Waals surface area contributed by atoms with Crippen LogP contribution < -0.4 is 11.0 Å². The number of carbonyl (C=O) groups is 1. The lowest BCUT2D eigenvalue weighted by Crippen LogP contribution is -2.32. The predicted molar refractivity (Wildman–Crippen MR) is 98.3 cm³/mol. The Labute approximate surface area is 151 Å². The Morgan fingerprint density at radius 1 is 1.04 bits per heavy atom. The van der Waals surface area contributed by atoms with Gasteiger partial charge in [0.05, 0.1) is 0 Å². The van der Waals surface area contributed by atoms with Crippen molar-refractivity contribution in [2.24, 2.45) is 0 Å². The minimum atomic E-state index is -0.561. The van der Waals surface area contributed by atoms with E-state index < -0.39 is 11.5 Å². The number of hydrogen-bond acceptors (Lipinski definition) is 6. The van der Waals surface area contributed by atoms with E-state index in [1.165, 1.54) is 42.5 Å². The Morgan fingerprint density at radius 2 is 1.76 bits per heavy atom. The molecule has 0 aliphatic rings. The number of hydrogen-bond donors (Lipinski definition) is 3. The molecule has 0 spiro atoms. The van der Waals surface area contributed by atoms with Gasteiger partial charge in [0.15, 0.2) is 3.95 Å². The van der Waals surface area contributed by atoms with Gasteiger partial charge < -0.3 is 10.2 Å². The van der Waals surface area contributed by atoms with Gasteiger partial charge in [0, 0.05) is 16.5 Å². The van der Waals surface area contributed by atoms with Crippen LogP contribution in [0, 0.1) is 3.95 Å². The molecule has 3 N–H and O–H groups in total. The zero-order valence-corrected chi connectivity index (χ0v) is 14.3. The summed E-state index contributed by atoms with van der Waals surface area (Å²) in [4.78, 5) is 25.2. The fourth-order valence-electron chi connectivity index (χ4n) is 2.12.